The third-order valence-electron chi connectivity index (χ3n) is 3.95. The van der Waals surface area contributed by atoms with Crippen molar-refractivity contribution < 1.29 is 0 Å². The Bertz CT molecular complexity index is 596. The summed E-state index contributed by atoms with van der Waals surface area (Å²) in [5.41, 5.74) is 0. The lowest BCUT2D eigenvalue weighted by Gasteiger charge is -2.28. The van der Waals surface area contributed by atoms with Crippen LogP contribution in [0.1, 0.15) is 33.1 Å². The lowest BCUT2D eigenvalue weighted by atomic mass is 10.2. The van der Waals surface area contributed by atoms with E-state index in [4.69, 9.17) is 0 Å². The number of nitrogens with one attached hydrogen (secondary N) is 1. The van der Waals surface area contributed by atoms with Crippen molar-refractivity contribution in [3.05, 3.63) is 12.7 Å². The van der Waals surface area contributed by atoms with Gasteiger partial charge in [0.1, 0.15) is 12.7 Å². The SMILES string of the molecule is CCC1CCC(C)N1c1nc(NC)nc(-n2cncn2)n1. The molecule has 1 aliphatic rings. The minimum absolute atomic E-state index is 0.436. The van der Waals surface area contributed by atoms with Gasteiger partial charge in [-0.3, -0.25) is 0 Å². The Labute approximate surface area is 123 Å². The quantitative estimate of drug-likeness (QED) is 0.906. The van der Waals surface area contributed by atoms with Gasteiger partial charge in [-0.25, -0.2) is 4.98 Å². The molecule has 2 aromatic rings. The van der Waals surface area contributed by atoms with Crippen molar-refractivity contribution in [3.8, 4) is 5.95 Å². The molecule has 0 amide bonds. The van der Waals surface area contributed by atoms with Crippen LogP contribution in [0.15, 0.2) is 12.7 Å². The van der Waals surface area contributed by atoms with Crippen molar-refractivity contribution in [1.29, 1.82) is 0 Å². The van der Waals surface area contributed by atoms with Gasteiger partial charge in [0.15, 0.2) is 0 Å². The fraction of sp³-hybridized carbons (Fsp3) is 0.615. The summed E-state index contributed by atoms with van der Waals surface area (Å²) >= 11 is 0. The molecule has 1 aliphatic heterocycles. The Balaban J connectivity index is 2.03. The van der Waals surface area contributed by atoms with Crippen molar-refractivity contribution >= 4 is 11.9 Å². The van der Waals surface area contributed by atoms with Gasteiger partial charge in [-0.1, -0.05) is 6.92 Å². The molecule has 0 bridgehead atoms. The van der Waals surface area contributed by atoms with Crippen LogP contribution in [0.5, 0.6) is 0 Å². The summed E-state index contributed by atoms with van der Waals surface area (Å²) < 4.78 is 1.55. The van der Waals surface area contributed by atoms with E-state index in [0.717, 1.165) is 12.8 Å². The summed E-state index contributed by atoms with van der Waals surface area (Å²) in [5, 5.41) is 7.08. The Morgan fingerprint density at radius 1 is 1.24 bits per heavy atom. The molecule has 2 unspecified atom stereocenters. The second kappa shape index (κ2) is 5.63. The highest BCUT2D eigenvalue weighted by molar-refractivity contribution is 5.42. The summed E-state index contributed by atoms with van der Waals surface area (Å²) in [4.78, 5) is 19.7. The van der Waals surface area contributed by atoms with E-state index in [0.29, 0.717) is 29.9 Å². The molecule has 0 radical (unpaired) electrons. The van der Waals surface area contributed by atoms with E-state index in [1.54, 1.807) is 18.1 Å². The monoisotopic (exact) mass is 288 g/mol. The van der Waals surface area contributed by atoms with Crippen LogP contribution in [0.3, 0.4) is 0 Å². The Hall–Kier alpha value is -2.25. The molecule has 0 saturated carbocycles. The number of aromatic nitrogens is 6. The maximum absolute atomic E-state index is 4.58. The molecule has 1 N–H and O–H groups in total. The fourth-order valence-electron chi connectivity index (χ4n) is 2.83. The van der Waals surface area contributed by atoms with Crippen LogP contribution in [0.2, 0.25) is 0 Å². The Morgan fingerprint density at radius 3 is 2.71 bits per heavy atom. The topological polar surface area (TPSA) is 84.7 Å². The molecule has 0 aromatic carbocycles. The van der Waals surface area contributed by atoms with E-state index in [2.05, 4.69) is 49.1 Å². The average molecular weight is 288 g/mol. The fourth-order valence-corrected chi connectivity index (χ4v) is 2.83. The highest BCUT2D eigenvalue weighted by Crippen LogP contribution is 2.30. The number of anilines is 2. The first-order valence-electron chi connectivity index (χ1n) is 7.30. The third-order valence-corrected chi connectivity index (χ3v) is 3.95. The van der Waals surface area contributed by atoms with Crippen molar-refractivity contribution in [2.45, 2.75) is 45.2 Å². The van der Waals surface area contributed by atoms with Crippen molar-refractivity contribution in [2.75, 3.05) is 17.3 Å². The predicted octanol–water partition coefficient (Wildman–Crippen LogP) is 1.26. The van der Waals surface area contributed by atoms with Gasteiger partial charge < -0.3 is 10.2 Å². The summed E-state index contributed by atoms with van der Waals surface area (Å²) in [5.74, 6) is 1.73. The molecule has 0 aliphatic carbocycles. The minimum Gasteiger partial charge on any atom is -0.357 e. The number of hydrogen-bond donors (Lipinski definition) is 1. The summed E-state index contributed by atoms with van der Waals surface area (Å²) in [6.07, 6.45) is 6.48. The zero-order valence-corrected chi connectivity index (χ0v) is 12.6. The largest absolute Gasteiger partial charge is 0.357 e. The third kappa shape index (κ3) is 2.53. The molecule has 21 heavy (non-hydrogen) atoms. The van der Waals surface area contributed by atoms with E-state index in [1.165, 1.54) is 12.7 Å². The van der Waals surface area contributed by atoms with E-state index < -0.39 is 0 Å². The normalized spacial score (nSPS) is 21.8. The standard InChI is InChI=1S/C13H20N8/c1-4-10-6-5-9(2)21(10)13-18-11(14-3)17-12(19-13)20-8-15-7-16-20/h7-10H,4-6H2,1-3H3,(H,14,17,18,19). The van der Waals surface area contributed by atoms with Gasteiger partial charge in [-0.15, -0.1) is 0 Å². The molecule has 112 valence electrons. The van der Waals surface area contributed by atoms with Gasteiger partial charge in [-0.05, 0) is 26.2 Å². The van der Waals surface area contributed by atoms with Crippen LogP contribution in [-0.2, 0) is 0 Å². The van der Waals surface area contributed by atoms with Gasteiger partial charge in [0.05, 0.1) is 0 Å². The molecule has 0 spiro atoms. The summed E-state index contributed by atoms with van der Waals surface area (Å²) in [6.45, 7) is 4.42. The molecular formula is C13H20N8. The Morgan fingerprint density at radius 2 is 2.05 bits per heavy atom. The first kappa shape index (κ1) is 13.7. The van der Waals surface area contributed by atoms with E-state index >= 15 is 0 Å². The lowest BCUT2D eigenvalue weighted by Crippen LogP contribution is -2.36. The maximum atomic E-state index is 4.58. The zero-order chi connectivity index (χ0) is 14.8. The average Bonchev–Trinajstić information content (AvgIpc) is 3.15. The first-order chi connectivity index (χ1) is 10.2. The number of hydrogen-bond acceptors (Lipinski definition) is 7. The molecule has 8 nitrogen and oxygen atoms in total. The van der Waals surface area contributed by atoms with E-state index in [9.17, 15) is 0 Å². The minimum atomic E-state index is 0.436. The van der Waals surface area contributed by atoms with Crippen LogP contribution in [0.4, 0.5) is 11.9 Å². The van der Waals surface area contributed by atoms with Crippen molar-refractivity contribution in [1.82, 2.24) is 29.7 Å². The highest BCUT2D eigenvalue weighted by Gasteiger charge is 2.32. The van der Waals surface area contributed by atoms with Crippen molar-refractivity contribution in [3.63, 3.8) is 0 Å². The second-order valence-corrected chi connectivity index (χ2v) is 5.24. The van der Waals surface area contributed by atoms with Gasteiger partial charge in [-0.2, -0.15) is 24.7 Å². The van der Waals surface area contributed by atoms with Gasteiger partial charge >= 0.3 is 0 Å². The van der Waals surface area contributed by atoms with Crippen molar-refractivity contribution in [2.24, 2.45) is 0 Å². The molecule has 8 heteroatoms. The van der Waals surface area contributed by atoms with Crippen LogP contribution in [0, 0.1) is 0 Å². The molecule has 1 saturated heterocycles. The highest BCUT2D eigenvalue weighted by atomic mass is 15.4. The second-order valence-electron chi connectivity index (χ2n) is 5.24. The van der Waals surface area contributed by atoms with Crippen LogP contribution in [-0.4, -0.2) is 48.8 Å². The predicted molar refractivity (Wildman–Crippen MR) is 79.5 cm³/mol. The zero-order valence-electron chi connectivity index (χ0n) is 12.6. The summed E-state index contributed by atoms with van der Waals surface area (Å²) in [6, 6.07) is 0.918. The first-order valence-corrected chi connectivity index (χ1v) is 7.30. The molecule has 1 fully saturated rings. The van der Waals surface area contributed by atoms with Crippen LogP contribution < -0.4 is 10.2 Å². The van der Waals surface area contributed by atoms with E-state index in [-0.39, 0.29) is 0 Å². The smallest absolute Gasteiger partial charge is 0.258 e. The Kier molecular flexibility index (Phi) is 3.68. The van der Waals surface area contributed by atoms with Gasteiger partial charge in [0, 0.05) is 19.1 Å². The molecule has 3 rings (SSSR count). The van der Waals surface area contributed by atoms with Crippen LogP contribution in [0.25, 0.3) is 5.95 Å². The number of rotatable bonds is 4. The van der Waals surface area contributed by atoms with Gasteiger partial charge in [0.2, 0.25) is 11.9 Å². The maximum Gasteiger partial charge on any atom is 0.258 e. The summed E-state index contributed by atoms with van der Waals surface area (Å²) in [7, 11) is 1.80. The van der Waals surface area contributed by atoms with Crippen LogP contribution >= 0.6 is 0 Å². The van der Waals surface area contributed by atoms with Gasteiger partial charge in [0.25, 0.3) is 5.95 Å². The molecular weight excluding hydrogens is 268 g/mol. The lowest BCUT2D eigenvalue weighted by molar-refractivity contribution is 0.609. The molecule has 2 aromatic heterocycles. The molecule has 3 heterocycles. The molecule has 2 atom stereocenters. The number of nitrogens with zero attached hydrogens (tertiary/aromatic N) is 7. The van der Waals surface area contributed by atoms with E-state index in [1.807, 2.05) is 0 Å².